The van der Waals surface area contributed by atoms with Crippen LogP contribution >= 0.6 is 0 Å². The Balaban J connectivity index is 1.48. The van der Waals surface area contributed by atoms with Gasteiger partial charge in [-0.15, -0.1) is 10.2 Å². The molecule has 1 aromatic carbocycles. The minimum absolute atomic E-state index is 0.211. The molecule has 0 atom stereocenters. The van der Waals surface area contributed by atoms with Crippen molar-refractivity contribution in [3.63, 3.8) is 0 Å². The molecule has 1 amide bonds. The summed E-state index contributed by atoms with van der Waals surface area (Å²) in [5, 5.41) is 14.2. The highest BCUT2D eigenvalue weighted by Crippen LogP contribution is 2.18. The van der Waals surface area contributed by atoms with E-state index in [0.717, 1.165) is 44.2 Å². The van der Waals surface area contributed by atoms with Crippen molar-refractivity contribution in [1.82, 2.24) is 20.4 Å². The zero-order chi connectivity index (χ0) is 19.1. The number of benzene rings is 1. The number of nitrogens with one attached hydrogen (secondary N) is 2. The Hall–Kier alpha value is -2.71. The van der Waals surface area contributed by atoms with Gasteiger partial charge in [0, 0.05) is 51.6 Å². The van der Waals surface area contributed by atoms with E-state index in [-0.39, 0.29) is 5.91 Å². The second-order valence-electron chi connectivity index (χ2n) is 6.58. The maximum absolute atomic E-state index is 12.2. The van der Waals surface area contributed by atoms with Crippen molar-refractivity contribution in [2.45, 2.75) is 0 Å². The number of hydrogen-bond acceptors (Lipinski definition) is 7. The summed E-state index contributed by atoms with van der Waals surface area (Å²) >= 11 is 0. The third-order valence-corrected chi connectivity index (χ3v) is 4.37. The number of hydrogen-bond donors (Lipinski definition) is 2. The molecule has 0 bridgehead atoms. The number of ether oxygens (including phenoxy) is 1. The summed E-state index contributed by atoms with van der Waals surface area (Å²) in [6.45, 7) is 4.72. The van der Waals surface area contributed by atoms with Crippen LogP contribution in [0.4, 0.5) is 17.2 Å². The van der Waals surface area contributed by atoms with E-state index in [1.54, 1.807) is 12.1 Å². The summed E-state index contributed by atoms with van der Waals surface area (Å²) in [6.07, 6.45) is 0. The quantitative estimate of drug-likeness (QED) is 0.761. The second-order valence-corrected chi connectivity index (χ2v) is 6.58. The Labute approximate surface area is 159 Å². The summed E-state index contributed by atoms with van der Waals surface area (Å²) in [4.78, 5) is 16.5. The van der Waals surface area contributed by atoms with E-state index < -0.39 is 0 Å². The van der Waals surface area contributed by atoms with Crippen molar-refractivity contribution in [2.75, 3.05) is 63.7 Å². The van der Waals surface area contributed by atoms with Gasteiger partial charge in [0.25, 0.3) is 5.91 Å². The largest absolute Gasteiger partial charge is 0.379 e. The molecular formula is C19H26N6O2. The molecule has 144 valence electrons. The fourth-order valence-electron chi connectivity index (χ4n) is 2.75. The molecule has 0 spiro atoms. The molecule has 27 heavy (non-hydrogen) atoms. The van der Waals surface area contributed by atoms with Crippen LogP contribution in [-0.4, -0.2) is 74.5 Å². The summed E-state index contributed by atoms with van der Waals surface area (Å²) in [7, 11) is 4.00. The maximum atomic E-state index is 12.2. The number of rotatable bonds is 7. The van der Waals surface area contributed by atoms with E-state index in [0.29, 0.717) is 18.1 Å². The minimum atomic E-state index is -0.211. The monoisotopic (exact) mass is 370 g/mol. The zero-order valence-electron chi connectivity index (χ0n) is 15.8. The molecule has 0 aliphatic carbocycles. The summed E-state index contributed by atoms with van der Waals surface area (Å²) in [5.74, 6) is 0.384. The molecule has 1 aliphatic heterocycles. The predicted octanol–water partition coefficient (Wildman–Crippen LogP) is 1.35. The molecule has 8 nitrogen and oxygen atoms in total. The van der Waals surface area contributed by atoms with Crippen LogP contribution in [0, 0.1) is 0 Å². The van der Waals surface area contributed by atoms with Crippen molar-refractivity contribution in [1.29, 1.82) is 0 Å². The van der Waals surface area contributed by atoms with Crippen molar-refractivity contribution >= 4 is 23.1 Å². The Morgan fingerprint density at radius 3 is 2.48 bits per heavy atom. The number of morpholine rings is 1. The van der Waals surface area contributed by atoms with Crippen LogP contribution in [-0.2, 0) is 4.74 Å². The van der Waals surface area contributed by atoms with Gasteiger partial charge in [-0.05, 0) is 36.4 Å². The van der Waals surface area contributed by atoms with E-state index in [1.165, 1.54) is 0 Å². The molecule has 2 aromatic rings. The normalized spacial score (nSPS) is 14.6. The van der Waals surface area contributed by atoms with Crippen molar-refractivity contribution in [2.24, 2.45) is 0 Å². The SMILES string of the molecule is CN(C)c1ccc(Nc2ccc(C(=O)NCCN3CCOCC3)nn2)cc1. The predicted molar refractivity (Wildman–Crippen MR) is 106 cm³/mol. The Bertz CT molecular complexity index is 727. The van der Waals surface area contributed by atoms with Gasteiger partial charge in [0.15, 0.2) is 11.5 Å². The van der Waals surface area contributed by atoms with E-state index in [4.69, 9.17) is 4.74 Å². The maximum Gasteiger partial charge on any atom is 0.271 e. The molecular weight excluding hydrogens is 344 g/mol. The van der Waals surface area contributed by atoms with Gasteiger partial charge < -0.3 is 20.3 Å². The molecule has 1 saturated heterocycles. The Morgan fingerprint density at radius 1 is 1.11 bits per heavy atom. The lowest BCUT2D eigenvalue weighted by Crippen LogP contribution is -2.41. The van der Waals surface area contributed by atoms with Crippen LogP contribution in [0.25, 0.3) is 0 Å². The molecule has 2 N–H and O–H groups in total. The van der Waals surface area contributed by atoms with Crippen LogP contribution in [0.2, 0.25) is 0 Å². The van der Waals surface area contributed by atoms with Crippen LogP contribution in [0.15, 0.2) is 36.4 Å². The first-order chi connectivity index (χ1) is 13.1. The summed E-state index contributed by atoms with van der Waals surface area (Å²) < 4.78 is 5.31. The van der Waals surface area contributed by atoms with Crippen molar-refractivity contribution in [3.8, 4) is 0 Å². The van der Waals surface area contributed by atoms with Gasteiger partial charge in [-0.1, -0.05) is 0 Å². The highest BCUT2D eigenvalue weighted by Gasteiger charge is 2.12. The first kappa shape index (κ1) is 19.1. The standard InChI is InChI=1S/C19H26N6O2/c1-24(2)16-5-3-15(4-6-16)21-18-8-7-17(22-23-18)19(26)20-9-10-25-11-13-27-14-12-25/h3-8H,9-14H2,1-2H3,(H,20,26)(H,21,23). The van der Waals surface area contributed by atoms with Crippen LogP contribution in [0.5, 0.6) is 0 Å². The van der Waals surface area contributed by atoms with E-state index >= 15 is 0 Å². The smallest absolute Gasteiger partial charge is 0.271 e. The first-order valence-electron chi connectivity index (χ1n) is 9.08. The van der Waals surface area contributed by atoms with Crippen LogP contribution < -0.4 is 15.5 Å². The summed E-state index contributed by atoms with van der Waals surface area (Å²) in [6, 6.07) is 11.4. The lowest BCUT2D eigenvalue weighted by atomic mass is 10.2. The van der Waals surface area contributed by atoms with E-state index in [9.17, 15) is 4.79 Å². The van der Waals surface area contributed by atoms with Gasteiger partial charge in [-0.3, -0.25) is 9.69 Å². The molecule has 1 aliphatic rings. The molecule has 0 saturated carbocycles. The lowest BCUT2D eigenvalue weighted by Gasteiger charge is -2.26. The molecule has 0 unspecified atom stereocenters. The molecule has 0 radical (unpaired) electrons. The molecule has 1 aromatic heterocycles. The molecule has 3 rings (SSSR count). The molecule has 8 heteroatoms. The Morgan fingerprint density at radius 2 is 1.85 bits per heavy atom. The zero-order valence-corrected chi connectivity index (χ0v) is 15.8. The van der Waals surface area contributed by atoms with Gasteiger partial charge in [-0.2, -0.15) is 0 Å². The fourth-order valence-corrected chi connectivity index (χ4v) is 2.75. The second kappa shape index (κ2) is 9.29. The number of amides is 1. The number of nitrogens with zero attached hydrogens (tertiary/aromatic N) is 4. The highest BCUT2D eigenvalue weighted by atomic mass is 16.5. The van der Waals surface area contributed by atoms with Gasteiger partial charge in [0.1, 0.15) is 0 Å². The fraction of sp³-hybridized carbons (Fsp3) is 0.421. The number of anilines is 3. The van der Waals surface area contributed by atoms with Gasteiger partial charge in [-0.25, -0.2) is 0 Å². The van der Waals surface area contributed by atoms with Gasteiger partial charge in [0.2, 0.25) is 0 Å². The lowest BCUT2D eigenvalue weighted by molar-refractivity contribution is 0.0383. The molecule has 2 heterocycles. The van der Waals surface area contributed by atoms with Crippen LogP contribution in [0.1, 0.15) is 10.5 Å². The van der Waals surface area contributed by atoms with Gasteiger partial charge in [0.05, 0.1) is 13.2 Å². The van der Waals surface area contributed by atoms with E-state index in [2.05, 4.69) is 25.7 Å². The summed E-state index contributed by atoms with van der Waals surface area (Å²) in [5.41, 5.74) is 2.35. The molecule has 1 fully saturated rings. The van der Waals surface area contributed by atoms with Crippen molar-refractivity contribution < 1.29 is 9.53 Å². The number of aromatic nitrogens is 2. The average Bonchev–Trinajstić information content (AvgIpc) is 2.70. The van der Waals surface area contributed by atoms with Gasteiger partial charge >= 0.3 is 0 Å². The highest BCUT2D eigenvalue weighted by molar-refractivity contribution is 5.92. The Kier molecular flexibility index (Phi) is 6.56. The number of carbonyl (C=O) groups excluding carboxylic acids is 1. The minimum Gasteiger partial charge on any atom is -0.379 e. The van der Waals surface area contributed by atoms with Crippen LogP contribution in [0.3, 0.4) is 0 Å². The third-order valence-electron chi connectivity index (χ3n) is 4.37. The third kappa shape index (κ3) is 5.63. The topological polar surface area (TPSA) is 82.6 Å². The average molecular weight is 370 g/mol. The number of carbonyl (C=O) groups is 1. The van der Waals surface area contributed by atoms with E-state index in [1.807, 2.05) is 43.3 Å². The van der Waals surface area contributed by atoms with Crippen molar-refractivity contribution in [3.05, 3.63) is 42.1 Å². The first-order valence-corrected chi connectivity index (χ1v) is 9.08.